The first-order valence-corrected chi connectivity index (χ1v) is 6.47. The Bertz CT molecular complexity index is 1090. The SMILES string of the molecule is [2H]c1c(C)c2c(=O)n(CCCCC(O)C([2H])([2H])[2H])c(=O)n(C([2H])([2H])[2H])c2n1C([2H])([2H])[2H]. The minimum absolute atomic E-state index is 0.0827. The molecule has 1 atom stereocenters. The number of fused-ring (bicyclic) bond motifs is 1. The van der Waals surface area contributed by atoms with Crippen molar-refractivity contribution in [1.82, 2.24) is 13.7 Å². The van der Waals surface area contributed by atoms with E-state index < -0.39 is 50.0 Å². The normalized spacial score (nSPS) is 21.8. The highest BCUT2D eigenvalue weighted by Crippen LogP contribution is 2.14. The lowest BCUT2D eigenvalue weighted by Crippen LogP contribution is -2.39. The van der Waals surface area contributed by atoms with E-state index in [9.17, 15) is 14.7 Å². The van der Waals surface area contributed by atoms with Gasteiger partial charge in [0.05, 0.1) is 12.9 Å². The van der Waals surface area contributed by atoms with Gasteiger partial charge >= 0.3 is 5.69 Å². The number of hydrogen-bond donors (Lipinski definition) is 1. The first-order chi connectivity index (χ1) is 13.9. The molecule has 0 aliphatic heterocycles. The predicted molar refractivity (Wildman–Crippen MR) is 82.7 cm³/mol. The Balaban J connectivity index is 2.65. The molecule has 0 spiro atoms. The number of aryl methyl sites for hydroxylation is 3. The lowest BCUT2D eigenvalue weighted by molar-refractivity contribution is 0.180. The Morgan fingerprint density at radius 3 is 2.86 bits per heavy atom. The van der Waals surface area contributed by atoms with Gasteiger partial charge in [-0.1, -0.05) is 0 Å². The second-order valence-corrected chi connectivity index (χ2v) is 4.86. The van der Waals surface area contributed by atoms with Gasteiger partial charge in [0.15, 0.2) is 0 Å². The molecule has 2 heterocycles. The number of aliphatic hydroxyl groups excluding tert-OH is 1. The number of unbranched alkanes of at least 4 members (excludes halogenated alkanes) is 1. The quantitative estimate of drug-likeness (QED) is 0.834. The van der Waals surface area contributed by atoms with E-state index in [4.69, 9.17) is 13.7 Å². The summed E-state index contributed by atoms with van der Waals surface area (Å²) in [6.45, 7) is -7.69. The molecule has 0 saturated carbocycles. The topological polar surface area (TPSA) is 69.2 Å². The maximum absolute atomic E-state index is 13.0. The number of rotatable bonds is 5. The molecule has 21 heavy (non-hydrogen) atoms. The van der Waals surface area contributed by atoms with Crippen LogP contribution in [0.2, 0.25) is 0 Å². The number of nitrogens with zero attached hydrogens (tertiary/aromatic N) is 3. The largest absolute Gasteiger partial charge is 0.393 e. The van der Waals surface area contributed by atoms with Gasteiger partial charge in [0.25, 0.3) is 5.56 Å². The zero-order valence-electron chi connectivity index (χ0n) is 21.5. The first-order valence-electron chi connectivity index (χ1n) is 11.5. The molecule has 0 aromatic carbocycles. The van der Waals surface area contributed by atoms with Crippen LogP contribution in [-0.4, -0.2) is 24.9 Å². The third-order valence-corrected chi connectivity index (χ3v) is 3.29. The molecule has 1 N–H and O–H groups in total. The predicted octanol–water partition coefficient (Wildman–Crippen LogP) is 0.898. The van der Waals surface area contributed by atoms with E-state index in [0.29, 0.717) is 9.13 Å². The Labute approximate surface area is 137 Å². The van der Waals surface area contributed by atoms with E-state index in [1.165, 1.54) is 6.92 Å². The van der Waals surface area contributed by atoms with Crippen molar-refractivity contribution in [3.63, 3.8) is 0 Å². The fourth-order valence-electron chi connectivity index (χ4n) is 2.26. The molecule has 116 valence electrons. The van der Waals surface area contributed by atoms with Crippen LogP contribution in [0.15, 0.2) is 15.8 Å². The lowest BCUT2D eigenvalue weighted by Gasteiger charge is -2.10. The van der Waals surface area contributed by atoms with Crippen LogP contribution in [0.1, 0.15) is 45.4 Å². The van der Waals surface area contributed by atoms with Gasteiger partial charge in [-0.15, -0.1) is 0 Å². The summed E-state index contributed by atoms with van der Waals surface area (Å²) < 4.78 is 76.7. The van der Waals surface area contributed by atoms with Gasteiger partial charge in [-0.25, -0.2) is 4.79 Å². The summed E-state index contributed by atoms with van der Waals surface area (Å²) in [7, 11) is 0. The molecule has 1 unspecified atom stereocenters. The highest BCUT2D eigenvalue weighted by atomic mass is 16.3. The van der Waals surface area contributed by atoms with Crippen molar-refractivity contribution in [2.75, 3.05) is 0 Å². The van der Waals surface area contributed by atoms with Crippen LogP contribution in [0.3, 0.4) is 0 Å². The Morgan fingerprint density at radius 2 is 2.19 bits per heavy atom. The van der Waals surface area contributed by atoms with Crippen molar-refractivity contribution < 1.29 is 18.8 Å². The second-order valence-electron chi connectivity index (χ2n) is 4.86. The van der Waals surface area contributed by atoms with Crippen molar-refractivity contribution in [1.29, 1.82) is 0 Å². The van der Waals surface area contributed by atoms with Gasteiger partial charge in [0.1, 0.15) is 5.65 Å². The molecule has 2 aromatic rings. The Hall–Kier alpha value is -1.82. The van der Waals surface area contributed by atoms with Crippen molar-refractivity contribution in [2.45, 2.75) is 45.7 Å². The van der Waals surface area contributed by atoms with Gasteiger partial charge in [-0.3, -0.25) is 13.9 Å². The van der Waals surface area contributed by atoms with Crippen LogP contribution in [0.25, 0.3) is 11.0 Å². The van der Waals surface area contributed by atoms with Crippen molar-refractivity contribution in [2.24, 2.45) is 14.0 Å². The molecule has 2 rings (SSSR count). The fraction of sp³-hybridized carbons (Fsp3) is 0.600. The summed E-state index contributed by atoms with van der Waals surface area (Å²) in [6.07, 6.45) is -2.08. The van der Waals surface area contributed by atoms with Crippen molar-refractivity contribution >= 4 is 11.0 Å². The van der Waals surface area contributed by atoms with Gasteiger partial charge in [-0.2, -0.15) is 0 Å². The zero-order chi connectivity index (χ0) is 24.1. The number of aromatic nitrogens is 3. The summed E-state index contributed by atoms with van der Waals surface area (Å²) in [6, 6.07) is 0. The van der Waals surface area contributed by atoms with Gasteiger partial charge in [0.2, 0.25) is 0 Å². The molecule has 0 fully saturated rings. The molecular formula is C15H23N3O3. The first kappa shape index (κ1) is 6.96. The minimum Gasteiger partial charge on any atom is -0.393 e. The highest BCUT2D eigenvalue weighted by molar-refractivity contribution is 5.79. The average Bonchev–Trinajstić information content (AvgIpc) is 2.82. The third-order valence-electron chi connectivity index (χ3n) is 3.29. The Morgan fingerprint density at radius 1 is 1.38 bits per heavy atom. The van der Waals surface area contributed by atoms with Crippen LogP contribution in [0, 0.1) is 6.92 Å². The maximum atomic E-state index is 13.0. The van der Waals surface area contributed by atoms with Crippen LogP contribution in [-0.2, 0) is 20.5 Å². The maximum Gasteiger partial charge on any atom is 0.332 e. The molecule has 0 aliphatic carbocycles. The fourth-order valence-corrected chi connectivity index (χ4v) is 2.26. The third kappa shape index (κ3) is 2.81. The van der Waals surface area contributed by atoms with Crippen molar-refractivity contribution in [3.8, 4) is 0 Å². The van der Waals surface area contributed by atoms with Crippen molar-refractivity contribution in [3.05, 3.63) is 32.6 Å². The van der Waals surface area contributed by atoms with E-state index >= 15 is 0 Å². The van der Waals surface area contributed by atoms with Gasteiger partial charge in [-0.05, 0) is 38.6 Å². The van der Waals surface area contributed by atoms with Crippen LogP contribution in [0.5, 0.6) is 0 Å². The summed E-state index contributed by atoms with van der Waals surface area (Å²) in [5.74, 6) is 0. The minimum atomic E-state index is -3.14. The molecule has 6 heteroatoms. The van der Waals surface area contributed by atoms with E-state index in [0.717, 1.165) is 0 Å². The van der Waals surface area contributed by atoms with Crippen LogP contribution >= 0.6 is 0 Å². The average molecular weight is 303 g/mol. The van der Waals surface area contributed by atoms with E-state index in [1.54, 1.807) is 0 Å². The number of aliphatic hydroxyl groups is 1. The monoisotopic (exact) mass is 303 g/mol. The van der Waals surface area contributed by atoms with Gasteiger partial charge in [0, 0.05) is 39.0 Å². The smallest absolute Gasteiger partial charge is 0.332 e. The van der Waals surface area contributed by atoms with Gasteiger partial charge < -0.3 is 9.67 Å². The number of hydrogen-bond acceptors (Lipinski definition) is 3. The Kier molecular flexibility index (Phi) is 1.95. The molecular weight excluding hydrogens is 270 g/mol. The van der Waals surface area contributed by atoms with Crippen LogP contribution < -0.4 is 11.2 Å². The second kappa shape index (κ2) is 5.89. The molecule has 0 saturated heterocycles. The summed E-state index contributed by atoms with van der Waals surface area (Å²) in [4.78, 5) is 25.9. The molecule has 0 amide bonds. The van der Waals surface area contributed by atoms with E-state index in [-0.39, 0.29) is 41.3 Å². The molecule has 0 radical (unpaired) electrons. The summed E-state index contributed by atoms with van der Waals surface area (Å²) in [5, 5.41) is 9.22. The highest BCUT2D eigenvalue weighted by Gasteiger charge is 2.15. The standard InChI is InChI=1S/C15H23N3O3/c1-10-9-16(3)13-12(10)14(20)18(15(21)17(13)4)8-6-5-7-11(2)19/h9,11,19H,5-8H2,1-4H3/i2D3,3D3,4D3,9D. The summed E-state index contributed by atoms with van der Waals surface area (Å²) >= 11 is 0. The van der Waals surface area contributed by atoms with E-state index in [2.05, 4.69) is 0 Å². The molecule has 0 aliphatic rings. The molecule has 0 bridgehead atoms. The van der Waals surface area contributed by atoms with Crippen LogP contribution in [0.4, 0.5) is 0 Å². The molecule has 2 aromatic heterocycles. The zero-order valence-corrected chi connectivity index (χ0v) is 11.5. The molecule has 6 nitrogen and oxygen atoms in total. The van der Waals surface area contributed by atoms with E-state index in [1.807, 2.05) is 0 Å². The summed E-state index contributed by atoms with van der Waals surface area (Å²) in [5.41, 5.74) is -2.96. The lowest BCUT2D eigenvalue weighted by atomic mass is 10.2.